The minimum absolute atomic E-state index is 0.0633. The lowest BCUT2D eigenvalue weighted by molar-refractivity contribution is -0.339. The number of rotatable bonds is 7. The largest absolute Gasteiger partial charge is 0.394 e. The third-order valence-electron chi connectivity index (χ3n) is 17.6. The zero-order valence-electron chi connectivity index (χ0n) is 33.6. The summed E-state index contributed by atoms with van der Waals surface area (Å²) in [5.41, 5.74) is -3.16. The van der Waals surface area contributed by atoms with Gasteiger partial charge in [-0.15, -0.1) is 0 Å². The van der Waals surface area contributed by atoms with Crippen LogP contribution in [0.2, 0.25) is 0 Å². The summed E-state index contributed by atoms with van der Waals surface area (Å²) in [6.45, 7) is 13.8. The van der Waals surface area contributed by atoms with E-state index in [1.165, 1.54) is 0 Å². The van der Waals surface area contributed by atoms with Gasteiger partial charge >= 0.3 is 0 Å². The van der Waals surface area contributed by atoms with Crippen LogP contribution in [0.3, 0.4) is 0 Å². The van der Waals surface area contributed by atoms with Crippen LogP contribution < -0.4 is 0 Å². The number of aliphatic hydroxyl groups excluding tert-OH is 8. The molecular weight excluding hydrogens is 716 g/mol. The highest BCUT2D eigenvalue weighted by molar-refractivity contribution is 5.33. The highest BCUT2D eigenvalue weighted by Gasteiger charge is 2.85. The van der Waals surface area contributed by atoms with Crippen molar-refractivity contribution in [2.24, 2.45) is 44.8 Å². The molecular formula is C41H68O14. The normalized spacial score (nSPS) is 58.7. The highest BCUT2D eigenvalue weighted by Crippen LogP contribution is 2.89. The molecule has 3 saturated heterocycles. The van der Waals surface area contributed by atoms with Crippen molar-refractivity contribution < 1.29 is 69.6 Å². The van der Waals surface area contributed by atoms with Gasteiger partial charge in [-0.1, -0.05) is 27.7 Å². The van der Waals surface area contributed by atoms with Gasteiger partial charge in [-0.2, -0.15) is 0 Å². The van der Waals surface area contributed by atoms with Gasteiger partial charge in [-0.05, 0) is 117 Å². The molecule has 0 aromatic carbocycles. The predicted octanol–water partition coefficient (Wildman–Crippen LogP) is 0.724. The zero-order valence-corrected chi connectivity index (χ0v) is 33.6. The van der Waals surface area contributed by atoms with Crippen LogP contribution in [0.15, 0.2) is 0 Å². The van der Waals surface area contributed by atoms with Crippen LogP contribution in [0.1, 0.15) is 106 Å². The molecule has 55 heavy (non-hydrogen) atoms. The van der Waals surface area contributed by atoms with E-state index < -0.39 is 96.8 Å². The van der Waals surface area contributed by atoms with Gasteiger partial charge in [0.1, 0.15) is 42.7 Å². The van der Waals surface area contributed by atoms with E-state index in [4.69, 9.17) is 23.7 Å². The fraction of sp³-hybridized carbons (Fsp3) is 1.00. The van der Waals surface area contributed by atoms with Gasteiger partial charge in [-0.25, -0.2) is 0 Å². The molecule has 0 aromatic rings. The topological polar surface area (TPSA) is 228 Å². The van der Waals surface area contributed by atoms with Crippen LogP contribution in [0, 0.1) is 44.8 Å². The summed E-state index contributed by atoms with van der Waals surface area (Å²) in [6.07, 6.45) is -7.48. The van der Waals surface area contributed by atoms with Crippen LogP contribution in [0.4, 0.5) is 0 Å². The molecule has 14 heteroatoms. The Balaban J connectivity index is 1.15. The summed E-state index contributed by atoms with van der Waals surface area (Å²) in [4.78, 5) is 0. The van der Waals surface area contributed by atoms with Gasteiger partial charge < -0.3 is 69.6 Å². The Morgan fingerprint density at radius 2 is 1.40 bits per heavy atom. The Labute approximate surface area is 324 Å². The van der Waals surface area contributed by atoms with E-state index in [1.807, 2.05) is 0 Å². The van der Waals surface area contributed by atoms with Gasteiger partial charge in [0.25, 0.3) is 0 Å². The van der Waals surface area contributed by atoms with E-state index in [9.17, 15) is 46.0 Å². The molecule has 0 aromatic heterocycles. The second-order valence-corrected chi connectivity index (χ2v) is 21.1. The van der Waals surface area contributed by atoms with Crippen molar-refractivity contribution in [1.29, 1.82) is 0 Å². The number of ether oxygens (including phenoxy) is 5. The van der Waals surface area contributed by atoms with E-state index >= 15 is 0 Å². The summed E-state index contributed by atoms with van der Waals surface area (Å²) >= 11 is 0. The third kappa shape index (κ3) is 5.70. The average molecular weight is 785 g/mol. The lowest BCUT2D eigenvalue weighted by Gasteiger charge is -2.65. The molecule has 0 amide bonds. The van der Waals surface area contributed by atoms with Gasteiger partial charge in [0.2, 0.25) is 0 Å². The van der Waals surface area contributed by atoms with Gasteiger partial charge in [0, 0.05) is 5.92 Å². The molecule has 8 rings (SSSR count). The molecule has 3 heterocycles. The molecule has 21 atom stereocenters. The Hall–Kier alpha value is -0.560. The maximum atomic E-state index is 12.2. The molecule has 316 valence electrons. The Morgan fingerprint density at radius 3 is 2.05 bits per heavy atom. The van der Waals surface area contributed by atoms with Crippen LogP contribution in [-0.4, -0.2) is 150 Å². The summed E-state index contributed by atoms with van der Waals surface area (Å²) in [6, 6.07) is 0. The minimum atomic E-state index is -1.60. The van der Waals surface area contributed by atoms with Crippen LogP contribution >= 0.6 is 0 Å². The molecule has 3 aliphatic heterocycles. The summed E-state index contributed by atoms with van der Waals surface area (Å²) in [7, 11) is 0. The van der Waals surface area contributed by atoms with Crippen molar-refractivity contribution in [1.82, 2.24) is 0 Å². The molecule has 5 aliphatic carbocycles. The third-order valence-corrected chi connectivity index (χ3v) is 17.6. The molecule has 3 unspecified atom stereocenters. The van der Waals surface area contributed by atoms with Crippen LogP contribution in [0.5, 0.6) is 0 Å². The summed E-state index contributed by atoms with van der Waals surface area (Å²) < 4.78 is 31.9. The minimum Gasteiger partial charge on any atom is -0.394 e. The maximum Gasteiger partial charge on any atom is 0.186 e. The fourth-order valence-electron chi connectivity index (χ4n) is 14.9. The van der Waals surface area contributed by atoms with Gasteiger partial charge in [0.15, 0.2) is 12.6 Å². The van der Waals surface area contributed by atoms with E-state index in [2.05, 4.69) is 34.6 Å². The van der Waals surface area contributed by atoms with Gasteiger partial charge in [-0.3, -0.25) is 0 Å². The SMILES string of the molecule is CC(C)(O)[C@@H]1CC[C@](C)([C@H]2[C@@H](O)C[C@@]3(C)[C@@H]4C[C@H](OC5O[C@H](CO)[C@@H](O)[C@H](O)[C@H]5O)[C@H]5C(C)(C)C(O[C@@H]6OC[C@@H](O)[C@H](O)[C@H]6O)CC[C@@]56CC46CC[C@]23C)O1. The zero-order chi connectivity index (χ0) is 40.1. The summed E-state index contributed by atoms with van der Waals surface area (Å²) in [5.74, 6) is -0.215. The standard InChI is InChI=1S/C41H68O14/c1-35(2)24(54-33-29(48)26(45)20(44)17-51-33)9-11-41-18-40(41)13-12-37(5)31(39(7)10-8-25(55-39)36(3,4)50)19(43)15-38(37,6)23(40)14-21(32(35)41)52-34-30(49)28(47)27(46)22(16-42)53-34/h19-34,42-50H,8-18H2,1-7H3/t19-,20+,21-,22+,23-,24?,25-,26-,27+,28-,29+,30+,31-,32-,33-,34?,37+,38-,39+,40?,41+/m0/s1. The van der Waals surface area contributed by atoms with Crippen LogP contribution in [0.25, 0.3) is 0 Å². The number of fused-ring (bicyclic) bond motifs is 2. The first-order chi connectivity index (χ1) is 25.5. The number of hydrogen-bond acceptors (Lipinski definition) is 14. The van der Waals surface area contributed by atoms with E-state index in [0.29, 0.717) is 25.7 Å². The fourth-order valence-corrected chi connectivity index (χ4v) is 14.9. The van der Waals surface area contributed by atoms with Crippen LogP contribution in [-0.2, 0) is 23.7 Å². The van der Waals surface area contributed by atoms with E-state index in [-0.39, 0.29) is 52.1 Å². The Morgan fingerprint density at radius 1 is 0.709 bits per heavy atom. The van der Waals surface area contributed by atoms with Crippen molar-refractivity contribution in [3.8, 4) is 0 Å². The molecule has 8 aliphatic rings. The second kappa shape index (κ2) is 13.2. The van der Waals surface area contributed by atoms with Crippen molar-refractivity contribution in [3.05, 3.63) is 0 Å². The number of hydrogen-bond donors (Lipinski definition) is 9. The first kappa shape index (κ1) is 41.2. The van der Waals surface area contributed by atoms with Crippen molar-refractivity contribution in [2.45, 2.75) is 197 Å². The lowest BCUT2D eigenvalue weighted by Crippen LogP contribution is -2.65. The monoisotopic (exact) mass is 784 g/mol. The van der Waals surface area contributed by atoms with E-state index in [0.717, 1.165) is 32.1 Å². The molecule has 14 nitrogen and oxygen atoms in total. The van der Waals surface area contributed by atoms with Crippen molar-refractivity contribution in [2.75, 3.05) is 13.2 Å². The highest BCUT2D eigenvalue weighted by atomic mass is 16.7. The van der Waals surface area contributed by atoms with Crippen molar-refractivity contribution in [3.63, 3.8) is 0 Å². The molecule has 0 bridgehead atoms. The summed E-state index contributed by atoms with van der Waals surface area (Å²) in [5, 5.41) is 97.2. The van der Waals surface area contributed by atoms with Crippen molar-refractivity contribution >= 4 is 0 Å². The Bertz CT molecular complexity index is 1460. The average Bonchev–Trinajstić information content (AvgIpc) is 3.47. The predicted molar refractivity (Wildman–Crippen MR) is 194 cm³/mol. The molecule has 2 spiro atoms. The Kier molecular flexibility index (Phi) is 9.90. The first-order valence-corrected chi connectivity index (χ1v) is 20.9. The smallest absolute Gasteiger partial charge is 0.186 e. The molecule has 5 saturated carbocycles. The van der Waals surface area contributed by atoms with E-state index in [1.54, 1.807) is 13.8 Å². The molecule has 9 N–H and O–H groups in total. The van der Waals surface area contributed by atoms with Gasteiger partial charge in [0.05, 0.1) is 48.8 Å². The molecule has 8 fully saturated rings. The number of aliphatic hydroxyl groups is 9. The quantitative estimate of drug-likeness (QED) is 0.162. The first-order valence-electron chi connectivity index (χ1n) is 20.9. The lowest BCUT2D eigenvalue weighted by atomic mass is 9.41. The molecule has 0 radical (unpaired) electrons. The second-order valence-electron chi connectivity index (χ2n) is 21.1. The maximum absolute atomic E-state index is 12.2.